The second kappa shape index (κ2) is 8.96. The summed E-state index contributed by atoms with van der Waals surface area (Å²) in [5.41, 5.74) is 1.33. The molecule has 0 spiro atoms. The zero-order valence-corrected chi connectivity index (χ0v) is 10.9. The lowest BCUT2D eigenvalue weighted by molar-refractivity contribution is 0.112. The maximum absolute atomic E-state index is 10.1. The first-order valence-electron chi connectivity index (χ1n) is 6.44. The molecule has 0 bridgehead atoms. The van der Waals surface area contributed by atoms with E-state index in [1.807, 2.05) is 0 Å². The first-order chi connectivity index (χ1) is 7.11. The zero-order valence-electron chi connectivity index (χ0n) is 10.9. The number of allylic oxidation sites excluding steroid dienone is 1. The highest BCUT2D eigenvalue weighted by molar-refractivity contribution is 4.99. The Hall–Kier alpha value is -0.300. The van der Waals surface area contributed by atoms with Gasteiger partial charge in [0.2, 0.25) is 0 Å². The van der Waals surface area contributed by atoms with Crippen LogP contribution in [-0.4, -0.2) is 11.2 Å². The molecule has 0 aromatic carbocycles. The lowest BCUT2D eigenvalue weighted by Gasteiger charge is -2.20. The molecule has 1 N–H and O–H groups in total. The number of unbranched alkanes of at least 4 members (excludes halogenated alkanes) is 2. The fraction of sp³-hybridized carbons (Fsp3) is 0.857. The Kier molecular flexibility index (Phi) is 8.79. The summed E-state index contributed by atoms with van der Waals surface area (Å²) in [6.07, 6.45) is 8.95. The zero-order chi connectivity index (χ0) is 11.7. The first kappa shape index (κ1) is 14.7. The van der Waals surface area contributed by atoms with Crippen molar-refractivity contribution < 1.29 is 5.11 Å². The van der Waals surface area contributed by atoms with E-state index in [-0.39, 0.29) is 6.10 Å². The van der Waals surface area contributed by atoms with Gasteiger partial charge in [-0.15, -0.1) is 0 Å². The van der Waals surface area contributed by atoms with Gasteiger partial charge in [-0.3, -0.25) is 0 Å². The third kappa shape index (κ3) is 7.61. The highest BCUT2D eigenvalue weighted by Crippen LogP contribution is 2.20. The Morgan fingerprint density at radius 1 is 1.07 bits per heavy atom. The normalized spacial score (nSPS) is 14.7. The number of rotatable bonds is 8. The van der Waals surface area contributed by atoms with E-state index in [1.165, 1.54) is 24.8 Å². The summed E-state index contributed by atoms with van der Waals surface area (Å²) in [4.78, 5) is 0. The van der Waals surface area contributed by atoms with Gasteiger partial charge in [-0.05, 0) is 26.7 Å². The Labute approximate surface area is 95.6 Å². The van der Waals surface area contributed by atoms with Gasteiger partial charge in [0.05, 0.1) is 6.10 Å². The predicted octanol–water partition coefficient (Wildman–Crippen LogP) is 4.31. The molecule has 0 aromatic heterocycles. The standard InChI is InChI=1S/C14H28O/c1-5-7-9-13(11-12(3)4)14(15)10-8-6-2/h11,13-15H,5-10H2,1-4H3/t13-,14+/m1/s1. The number of hydrogen-bond acceptors (Lipinski definition) is 1. The van der Waals surface area contributed by atoms with E-state index in [4.69, 9.17) is 0 Å². The third-order valence-corrected chi connectivity index (χ3v) is 2.79. The SMILES string of the molecule is CCCC[C@H](O)[C@@H](C=C(C)C)CCCC. The van der Waals surface area contributed by atoms with E-state index >= 15 is 0 Å². The van der Waals surface area contributed by atoms with Crippen LogP contribution < -0.4 is 0 Å². The molecule has 0 saturated heterocycles. The van der Waals surface area contributed by atoms with Gasteiger partial charge in [-0.2, -0.15) is 0 Å². The van der Waals surface area contributed by atoms with Crippen LogP contribution in [0.25, 0.3) is 0 Å². The van der Waals surface area contributed by atoms with Crippen molar-refractivity contribution in [1.82, 2.24) is 0 Å². The smallest absolute Gasteiger partial charge is 0.0602 e. The molecule has 0 rings (SSSR count). The van der Waals surface area contributed by atoms with E-state index in [0.717, 1.165) is 19.3 Å². The van der Waals surface area contributed by atoms with Gasteiger partial charge in [0, 0.05) is 5.92 Å². The molecule has 0 aliphatic heterocycles. The van der Waals surface area contributed by atoms with E-state index in [1.54, 1.807) is 0 Å². The molecule has 0 radical (unpaired) electrons. The molecule has 0 fully saturated rings. The number of aliphatic hydroxyl groups is 1. The van der Waals surface area contributed by atoms with Gasteiger partial charge in [0.1, 0.15) is 0 Å². The minimum atomic E-state index is -0.133. The van der Waals surface area contributed by atoms with Crippen molar-refractivity contribution >= 4 is 0 Å². The molecule has 1 heteroatoms. The number of aliphatic hydroxyl groups excluding tert-OH is 1. The largest absolute Gasteiger partial charge is 0.393 e. The quantitative estimate of drug-likeness (QED) is 0.594. The minimum Gasteiger partial charge on any atom is -0.393 e. The van der Waals surface area contributed by atoms with Gasteiger partial charge in [-0.25, -0.2) is 0 Å². The van der Waals surface area contributed by atoms with E-state index < -0.39 is 0 Å². The van der Waals surface area contributed by atoms with Crippen molar-refractivity contribution in [2.24, 2.45) is 5.92 Å². The van der Waals surface area contributed by atoms with Crippen LogP contribution in [0.3, 0.4) is 0 Å². The molecule has 0 unspecified atom stereocenters. The van der Waals surface area contributed by atoms with Gasteiger partial charge in [0.15, 0.2) is 0 Å². The second-order valence-electron chi connectivity index (χ2n) is 4.76. The molecule has 0 aromatic rings. The Balaban J connectivity index is 4.14. The van der Waals surface area contributed by atoms with Crippen LogP contribution in [0, 0.1) is 5.92 Å². The van der Waals surface area contributed by atoms with Crippen LogP contribution >= 0.6 is 0 Å². The highest BCUT2D eigenvalue weighted by atomic mass is 16.3. The topological polar surface area (TPSA) is 20.2 Å². The summed E-state index contributed by atoms with van der Waals surface area (Å²) in [5.74, 6) is 0.376. The summed E-state index contributed by atoms with van der Waals surface area (Å²) in [6, 6.07) is 0. The molecule has 2 atom stereocenters. The third-order valence-electron chi connectivity index (χ3n) is 2.79. The van der Waals surface area contributed by atoms with Crippen molar-refractivity contribution in [2.75, 3.05) is 0 Å². The maximum atomic E-state index is 10.1. The second-order valence-corrected chi connectivity index (χ2v) is 4.76. The molecule has 0 amide bonds. The van der Waals surface area contributed by atoms with Crippen LogP contribution in [0.5, 0.6) is 0 Å². The van der Waals surface area contributed by atoms with Crippen LogP contribution in [0.4, 0.5) is 0 Å². The predicted molar refractivity (Wildman–Crippen MR) is 68.0 cm³/mol. The Morgan fingerprint density at radius 3 is 2.07 bits per heavy atom. The lowest BCUT2D eigenvalue weighted by Crippen LogP contribution is -2.18. The Bertz CT molecular complexity index is 168. The van der Waals surface area contributed by atoms with Crippen LogP contribution in [0.2, 0.25) is 0 Å². The van der Waals surface area contributed by atoms with Crippen molar-refractivity contribution in [2.45, 2.75) is 72.3 Å². The highest BCUT2D eigenvalue weighted by Gasteiger charge is 2.15. The summed E-state index contributed by atoms with van der Waals surface area (Å²) < 4.78 is 0. The monoisotopic (exact) mass is 212 g/mol. The lowest BCUT2D eigenvalue weighted by atomic mass is 9.91. The van der Waals surface area contributed by atoms with Crippen LogP contribution in [0.1, 0.15) is 66.2 Å². The summed E-state index contributed by atoms with van der Waals surface area (Å²) in [6.45, 7) is 8.61. The van der Waals surface area contributed by atoms with E-state index in [2.05, 4.69) is 33.8 Å². The molecular formula is C14H28O. The molecule has 1 nitrogen and oxygen atoms in total. The molecule has 15 heavy (non-hydrogen) atoms. The summed E-state index contributed by atoms with van der Waals surface area (Å²) in [5, 5.41) is 10.1. The average Bonchev–Trinajstić information content (AvgIpc) is 2.20. The van der Waals surface area contributed by atoms with Crippen LogP contribution in [0.15, 0.2) is 11.6 Å². The van der Waals surface area contributed by atoms with Gasteiger partial charge >= 0.3 is 0 Å². The molecule has 90 valence electrons. The average molecular weight is 212 g/mol. The van der Waals surface area contributed by atoms with E-state index in [9.17, 15) is 5.11 Å². The van der Waals surface area contributed by atoms with Crippen molar-refractivity contribution in [3.8, 4) is 0 Å². The summed E-state index contributed by atoms with van der Waals surface area (Å²) >= 11 is 0. The van der Waals surface area contributed by atoms with Crippen molar-refractivity contribution in [3.05, 3.63) is 11.6 Å². The summed E-state index contributed by atoms with van der Waals surface area (Å²) in [7, 11) is 0. The molecule has 0 aliphatic rings. The van der Waals surface area contributed by atoms with Crippen molar-refractivity contribution in [1.29, 1.82) is 0 Å². The molecule has 0 saturated carbocycles. The fourth-order valence-electron chi connectivity index (χ4n) is 1.88. The molecular weight excluding hydrogens is 184 g/mol. The maximum Gasteiger partial charge on any atom is 0.0602 e. The Morgan fingerprint density at radius 2 is 1.60 bits per heavy atom. The first-order valence-corrected chi connectivity index (χ1v) is 6.44. The minimum absolute atomic E-state index is 0.133. The fourth-order valence-corrected chi connectivity index (χ4v) is 1.88. The van der Waals surface area contributed by atoms with E-state index in [0.29, 0.717) is 5.92 Å². The van der Waals surface area contributed by atoms with Gasteiger partial charge in [-0.1, -0.05) is 51.2 Å². The molecule has 0 aliphatic carbocycles. The molecule has 0 heterocycles. The van der Waals surface area contributed by atoms with Crippen LogP contribution in [-0.2, 0) is 0 Å². The number of hydrogen-bond donors (Lipinski definition) is 1. The van der Waals surface area contributed by atoms with Gasteiger partial charge < -0.3 is 5.11 Å². The van der Waals surface area contributed by atoms with Crippen molar-refractivity contribution in [3.63, 3.8) is 0 Å². The van der Waals surface area contributed by atoms with Gasteiger partial charge in [0.25, 0.3) is 0 Å².